The van der Waals surface area contributed by atoms with Gasteiger partial charge < -0.3 is 9.80 Å². The zero-order chi connectivity index (χ0) is 17.1. The number of rotatable bonds is 3. The lowest BCUT2D eigenvalue weighted by atomic mass is 10.1. The molecule has 0 spiro atoms. The van der Waals surface area contributed by atoms with Crippen LogP contribution in [0.2, 0.25) is 0 Å². The summed E-state index contributed by atoms with van der Waals surface area (Å²) in [6, 6.07) is 10.3. The van der Waals surface area contributed by atoms with Gasteiger partial charge in [0.1, 0.15) is 5.82 Å². The van der Waals surface area contributed by atoms with E-state index in [1.54, 1.807) is 23.1 Å². The first-order chi connectivity index (χ1) is 11.6. The number of anilines is 1. The molecular formula is C18H21FN4O. The van der Waals surface area contributed by atoms with Crippen LogP contribution in [0.4, 0.5) is 10.1 Å². The van der Waals surface area contributed by atoms with E-state index in [2.05, 4.69) is 10.2 Å². The SMILES string of the molecule is CC(C)c1ccc(C(=O)N2CCN(c3ccccc3F)CC2)nn1. The standard InChI is InChI=1S/C18H21FN4O/c1-13(2)15-7-8-16(21-20-15)18(24)23-11-9-22(10-12-23)17-6-4-3-5-14(17)19/h3-8,13H,9-12H2,1-2H3. The smallest absolute Gasteiger partial charge is 0.274 e. The molecule has 0 atom stereocenters. The highest BCUT2D eigenvalue weighted by atomic mass is 19.1. The summed E-state index contributed by atoms with van der Waals surface area (Å²) in [4.78, 5) is 16.2. The van der Waals surface area contributed by atoms with Gasteiger partial charge in [-0.1, -0.05) is 26.0 Å². The molecule has 126 valence electrons. The second-order valence-electron chi connectivity index (χ2n) is 6.23. The Morgan fingerprint density at radius 3 is 2.33 bits per heavy atom. The molecule has 24 heavy (non-hydrogen) atoms. The molecule has 0 bridgehead atoms. The van der Waals surface area contributed by atoms with Crippen molar-refractivity contribution in [3.63, 3.8) is 0 Å². The Kier molecular flexibility index (Phi) is 4.74. The predicted molar refractivity (Wildman–Crippen MR) is 90.6 cm³/mol. The third kappa shape index (κ3) is 3.37. The zero-order valence-electron chi connectivity index (χ0n) is 13.9. The summed E-state index contributed by atoms with van der Waals surface area (Å²) in [5.74, 6) is -0.0654. The highest BCUT2D eigenvalue weighted by Crippen LogP contribution is 2.20. The van der Waals surface area contributed by atoms with E-state index in [0.29, 0.717) is 37.6 Å². The highest BCUT2D eigenvalue weighted by Gasteiger charge is 2.24. The van der Waals surface area contributed by atoms with Gasteiger partial charge in [-0.15, -0.1) is 5.10 Å². The van der Waals surface area contributed by atoms with Crippen molar-refractivity contribution in [2.24, 2.45) is 0 Å². The van der Waals surface area contributed by atoms with Crippen LogP contribution in [0.25, 0.3) is 0 Å². The van der Waals surface area contributed by atoms with Crippen molar-refractivity contribution in [2.45, 2.75) is 19.8 Å². The third-order valence-corrected chi connectivity index (χ3v) is 4.26. The number of hydrogen-bond acceptors (Lipinski definition) is 4. The molecule has 1 fully saturated rings. The van der Waals surface area contributed by atoms with Gasteiger partial charge >= 0.3 is 0 Å². The number of carbonyl (C=O) groups is 1. The van der Waals surface area contributed by atoms with Crippen LogP contribution >= 0.6 is 0 Å². The van der Waals surface area contributed by atoms with Crippen LogP contribution in [0.5, 0.6) is 0 Å². The van der Waals surface area contributed by atoms with Gasteiger partial charge in [0.25, 0.3) is 5.91 Å². The molecule has 1 aliphatic rings. The minimum Gasteiger partial charge on any atom is -0.366 e. The van der Waals surface area contributed by atoms with E-state index in [9.17, 15) is 9.18 Å². The lowest BCUT2D eigenvalue weighted by Crippen LogP contribution is -2.49. The van der Waals surface area contributed by atoms with Gasteiger partial charge in [0.05, 0.1) is 11.4 Å². The number of aromatic nitrogens is 2. The second-order valence-corrected chi connectivity index (χ2v) is 6.23. The van der Waals surface area contributed by atoms with Crippen LogP contribution < -0.4 is 4.90 Å². The summed E-state index contributed by atoms with van der Waals surface area (Å²) < 4.78 is 13.9. The molecule has 2 aromatic rings. The quantitative estimate of drug-likeness (QED) is 0.869. The summed E-state index contributed by atoms with van der Waals surface area (Å²) in [6.07, 6.45) is 0. The molecule has 0 saturated carbocycles. The lowest BCUT2D eigenvalue weighted by molar-refractivity contribution is 0.0739. The van der Waals surface area contributed by atoms with E-state index in [1.165, 1.54) is 6.07 Å². The minimum absolute atomic E-state index is 0.119. The predicted octanol–water partition coefficient (Wildman–Crippen LogP) is 2.70. The fourth-order valence-corrected chi connectivity index (χ4v) is 2.79. The lowest BCUT2D eigenvalue weighted by Gasteiger charge is -2.36. The number of piperazine rings is 1. The highest BCUT2D eigenvalue weighted by molar-refractivity contribution is 5.92. The summed E-state index contributed by atoms with van der Waals surface area (Å²) in [7, 11) is 0. The number of benzene rings is 1. The molecule has 3 rings (SSSR count). The molecule has 0 unspecified atom stereocenters. The number of amides is 1. The maximum absolute atomic E-state index is 13.9. The van der Waals surface area contributed by atoms with E-state index in [4.69, 9.17) is 0 Å². The fraction of sp³-hybridized carbons (Fsp3) is 0.389. The van der Waals surface area contributed by atoms with Crippen LogP contribution in [-0.2, 0) is 0 Å². The molecule has 1 amide bonds. The topological polar surface area (TPSA) is 49.3 Å². The van der Waals surface area contributed by atoms with Crippen molar-refractivity contribution in [2.75, 3.05) is 31.1 Å². The summed E-state index contributed by atoms with van der Waals surface area (Å²) in [6.45, 7) is 6.36. The second kappa shape index (κ2) is 6.95. The van der Waals surface area contributed by atoms with Crippen molar-refractivity contribution in [3.05, 3.63) is 53.6 Å². The maximum Gasteiger partial charge on any atom is 0.274 e. The zero-order valence-corrected chi connectivity index (χ0v) is 13.9. The van der Waals surface area contributed by atoms with E-state index < -0.39 is 0 Å². The summed E-state index contributed by atoms with van der Waals surface area (Å²) in [5, 5.41) is 8.16. The summed E-state index contributed by atoms with van der Waals surface area (Å²) >= 11 is 0. The van der Waals surface area contributed by atoms with E-state index in [0.717, 1.165) is 5.69 Å². The molecule has 0 aliphatic carbocycles. The number of halogens is 1. The van der Waals surface area contributed by atoms with Crippen molar-refractivity contribution >= 4 is 11.6 Å². The Hall–Kier alpha value is -2.50. The largest absolute Gasteiger partial charge is 0.366 e. The third-order valence-electron chi connectivity index (χ3n) is 4.26. The van der Waals surface area contributed by atoms with Gasteiger partial charge in [0.15, 0.2) is 5.69 Å². The maximum atomic E-state index is 13.9. The molecule has 1 saturated heterocycles. The number of carbonyl (C=O) groups excluding carboxylic acids is 1. The monoisotopic (exact) mass is 328 g/mol. The Morgan fingerprint density at radius 2 is 1.75 bits per heavy atom. The molecule has 1 aromatic carbocycles. The number of hydrogen-bond donors (Lipinski definition) is 0. The fourth-order valence-electron chi connectivity index (χ4n) is 2.79. The molecule has 5 nitrogen and oxygen atoms in total. The van der Waals surface area contributed by atoms with Crippen molar-refractivity contribution < 1.29 is 9.18 Å². The molecule has 2 heterocycles. The van der Waals surface area contributed by atoms with Gasteiger partial charge in [0, 0.05) is 26.2 Å². The normalized spacial score (nSPS) is 15.0. The molecule has 6 heteroatoms. The Morgan fingerprint density at radius 1 is 1.04 bits per heavy atom. The van der Waals surface area contributed by atoms with Crippen molar-refractivity contribution in [1.82, 2.24) is 15.1 Å². The van der Waals surface area contributed by atoms with Gasteiger partial charge in [-0.05, 0) is 30.2 Å². The average molecular weight is 328 g/mol. The first-order valence-electron chi connectivity index (χ1n) is 8.18. The van der Waals surface area contributed by atoms with Crippen molar-refractivity contribution in [3.8, 4) is 0 Å². The number of nitrogens with zero attached hydrogens (tertiary/aromatic N) is 4. The molecule has 0 radical (unpaired) electrons. The van der Waals surface area contributed by atoms with E-state index >= 15 is 0 Å². The summed E-state index contributed by atoms with van der Waals surface area (Å²) in [5.41, 5.74) is 1.82. The Labute approximate surface area is 141 Å². The van der Waals surface area contributed by atoms with Crippen LogP contribution in [-0.4, -0.2) is 47.2 Å². The molecule has 0 N–H and O–H groups in total. The first kappa shape index (κ1) is 16.4. The average Bonchev–Trinajstić information content (AvgIpc) is 2.62. The van der Waals surface area contributed by atoms with Crippen LogP contribution in [0, 0.1) is 5.82 Å². The van der Waals surface area contributed by atoms with Crippen LogP contribution in [0.15, 0.2) is 36.4 Å². The Balaban J connectivity index is 1.64. The van der Waals surface area contributed by atoms with Crippen LogP contribution in [0.3, 0.4) is 0 Å². The molecular weight excluding hydrogens is 307 g/mol. The van der Waals surface area contributed by atoms with Gasteiger partial charge in [0.2, 0.25) is 0 Å². The van der Waals surface area contributed by atoms with Gasteiger partial charge in [-0.25, -0.2) is 4.39 Å². The molecule has 1 aliphatic heterocycles. The van der Waals surface area contributed by atoms with Crippen molar-refractivity contribution in [1.29, 1.82) is 0 Å². The first-order valence-corrected chi connectivity index (χ1v) is 8.18. The minimum atomic E-state index is -0.229. The Bertz CT molecular complexity index is 709. The van der Waals surface area contributed by atoms with Crippen LogP contribution in [0.1, 0.15) is 35.9 Å². The van der Waals surface area contributed by atoms with E-state index in [1.807, 2.05) is 30.9 Å². The van der Waals surface area contributed by atoms with E-state index in [-0.39, 0.29) is 17.6 Å². The number of para-hydroxylation sites is 1. The van der Waals surface area contributed by atoms with Gasteiger partial charge in [-0.3, -0.25) is 4.79 Å². The molecule has 1 aromatic heterocycles. The van der Waals surface area contributed by atoms with Gasteiger partial charge in [-0.2, -0.15) is 5.10 Å².